The smallest absolute Gasteiger partial charge is 0.271 e. The quantitative estimate of drug-likeness (QED) is 0.304. The van der Waals surface area contributed by atoms with Crippen LogP contribution in [0.25, 0.3) is 0 Å². The van der Waals surface area contributed by atoms with Crippen molar-refractivity contribution in [3.05, 3.63) is 0 Å². The molecule has 0 amide bonds. The maximum atomic E-state index is 9.51. The molecule has 1 nitrogen and oxygen atoms in total. The van der Waals surface area contributed by atoms with Crippen molar-refractivity contribution in [1.29, 1.82) is 0 Å². The molecule has 0 spiro atoms. The number of halogens is 11. The van der Waals surface area contributed by atoms with Crippen molar-refractivity contribution in [2.24, 2.45) is 0 Å². The molecular weight excluding hydrogens is 499 g/mol. The Labute approximate surface area is 141 Å². The van der Waals surface area contributed by atoms with Gasteiger partial charge in [-0.1, -0.05) is 33.7 Å². The van der Waals surface area contributed by atoms with E-state index in [1.54, 1.807) is 0 Å². The molecule has 0 aromatic rings. The topological polar surface area (TPSA) is 17.1 Å². The summed E-state index contributed by atoms with van der Waals surface area (Å²) in [7, 11) is 0. The van der Waals surface area contributed by atoms with Gasteiger partial charge in [-0.3, -0.25) is 4.57 Å². The summed E-state index contributed by atoms with van der Waals surface area (Å²) in [6.45, 7) is 0. The van der Waals surface area contributed by atoms with Crippen LogP contribution >= 0.6 is 138 Å². The van der Waals surface area contributed by atoms with Gasteiger partial charge in [0.05, 0.1) is 0 Å². The van der Waals surface area contributed by atoms with E-state index in [4.69, 9.17) is 89.9 Å². The minimum Gasteiger partial charge on any atom is -0.271 e. The van der Waals surface area contributed by atoms with E-state index in [-0.39, 0.29) is 0 Å². The summed E-state index contributed by atoms with van der Waals surface area (Å²) in [6, 6.07) is 0. The molecule has 0 aliphatic heterocycles. The Morgan fingerprint density at radius 2 is 0.800 bits per heavy atom. The van der Waals surface area contributed by atoms with Crippen LogP contribution in [0.15, 0.2) is 0 Å². The van der Waals surface area contributed by atoms with E-state index in [1.165, 1.54) is 0 Å². The first-order valence-corrected chi connectivity index (χ1v) is 17.3. The van der Waals surface area contributed by atoms with Crippen molar-refractivity contribution in [3.63, 3.8) is 0 Å². The average molecular weight is 499 g/mol. The Hall–Kier alpha value is 4.28. The van der Waals surface area contributed by atoms with Crippen molar-refractivity contribution in [3.8, 4) is 0 Å². The van der Waals surface area contributed by atoms with Crippen LogP contribution in [0, 0.1) is 0 Å². The Balaban J connectivity index is -0.000000147. The van der Waals surface area contributed by atoms with Crippen molar-refractivity contribution in [1.82, 2.24) is 0 Å². The predicted octanol–water partition coefficient (Wildman–Crippen LogP) is 10.0. The Kier molecular flexibility index (Phi) is 16.3. The number of hydrogen-bond acceptors (Lipinski definition) is 1. The second-order valence-electron chi connectivity index (χ2n) is 1.23. The molecule has 0 radical (unpaired) electrons. The van der Waals surface area contributed by atoms with E-state index in [0.717, 1.165) is 0 Å². The van der Waals surface area contributed by atoms with E-state index < -0.39 is 14.5 Å². The van der Waals surface area contributed by atoms with E-state index in [1.807, 2.05) is 0 Å². The summed E-state index contributed by atoms with van der Waals surface area (Å²) >= 11 is 53.3. The van der Waals surface area contributed by atoms with Gasteiger partial charge in [-0.05, 0) is 33.7 Å². The van der Waals surface area contributed by atoms with Gasteiger partial charge < -0.3 is 0 Å². The standard InChI is InChI=1S/Cl5P.Cl3OP.Cl3P/c1-6(2,3,4)5;1-5(2,3)4;1-4(2)3. The van der Waals surface area contributed by atoms with Gasteiger partial charge in [0.1, 0.15) is 0 Å². The minimum atomic E-state index is -3.69. The van der Waals surface area contributed by atoms with Gasteiger partial charge in [0.2, 0.25) is 0 Å². The Morgan fingerprint density at radius 1 is 0.800 bits per heavy atom. The first-order valence-electron chi connectivity index (χ1n) is 2.04. The van der Waals surface area contributed by atoms with Crippen LogP contribution < -0.4 is 0 Å². The summed E-state index contributed by atoms with van der Waals surface area (Å²) in [5.41, 5.74) is 0. The molecule has 0 aromatic heterocycles. The number of rotatable bonds is 0. The van der Waals surface area contributed by atoms with Gasteiger partial charge >= 0.3 is 64.8 Å². The molecule has 0 bridgehead atoms. The van der Waals surface area contributed by atoms with Crippen LogP contribution in [0.1, 0.15) is 0 Å². The fourth-order valence-corrected chi connectivity index (χ4v) is 0. The molecule has 0 heterocycles. The summed E-state index contributed by atoms with van der Waals surface area (Å²) < 4.78 is 5.82. The van der Waals surface area contributed by atoms with Gasteiger partial charge in [0, 0.05) is 0 Å². The average Bonchev–Trinajstić information content (AvgIpc) is 1.42. The van der Waals surface area contributed by atoms with Crippen LogP contribution in [0.4, 0.5) is 0 Å². The van der Waals surface area contributed by atoms with Crippen molar-refractivity contribution in [2.75, 3.05) is 0 Å². The zero-order valence-corrected chi connectivity index (χ0v) is 16.9. The zero-order valence-electron chi connectivity index (χ0n) is 5.91. The molecule has 0 aromatic carbocycles. The van der Waals surface area contributed by atoms with Crippen LogP contribution in [0.2, 0.25) is 0 Å². The first kappa shape index (κ1) is 24.3. The molecule has 0 saturated heterocycles. The molecule has 0 aliphatic carbocycles. The molecule has 0 atom stereocenters. The number of hydrogen-bond donors (Lipinski definition) is 0. The monoisotopic (exact) mass is 494 g/mol. The summed E-state index contributed by atoms with van der Waals surface area (Å²) in [6.07, 6.45) is 0. The second-order valence-corrected chi connectivity index (χ2v) is 29.5. The fourth-order valence-electron chi connectivity index (χ4n) is 0. The third-order valence-electron chi connectivity index (χ3n) is 0. The molecule has 0 aliphatic rings. The molecule has 15 heavy (non-hydrogen) atoms. The first-order chi connectivity index (χ1) is 5.97. The molecule has 0 fully saturated rings. The second kappa shape index (κ2) is 10.1. The van der Waals surface area contributed by atoms with Crippen LogP contribution in [0.3, 0.4) is 0 Å². The fraction of sp³-hybridized carbons (Fsp3) is 0. The maximum Gasteiger partial charge on any atom is 0.339 e. The Morgan fingerprint density at radius 3 is 0.800 bits per heavy atom. The normalized spacial score (nSPS) is 14.0. The predicted molar refractivity (Wildman–Crippen MR) is 85.8 cm³/mol. The summed E-state index contributed by atoms with van der Waals surface area (Å²) in [4.78, 5) is 0. The van der Waals surface area contributed by atoms with E-state index in [0.29, 0.717) is 0 Å². The summed E-state index contributed by atoms with van der Waals surface area (Å²) in [5.74, 6) is -1.20. The molecule has 0 saturated carbocycles. The molecular formula is Cl11OP3. The van der Waals surface area contributed by atoms with Gasteiger partial charge in [0.25, 0.3) is 0 Å². The molecule has 0 N–H and O–H groups in total. The Bertz CT molecular complexity index is 166. The van der Waals surface area contributed by atoms with Crippen molar-refractivity contribution >= 4 is 138 Å². The zero-order chi connectivity index (χ0) is 13.5. The van der Waals surface area contributed by atoms with Crippen LogP contribution in [-0.4, -0.2) is 0 Å². The van der Waals surface area contributed by atoms with E-state index in [2.05, 4.69) is 33.7 Å². The van der Waals surface area contributed by atoms with Gasteiger partial charge in [-0.2, -0.15) is 0 Å². The molecule has 15 heteroatoms. The van der Waals surface area contributed by atoms with Gasteiger partial charge in [0.15, 0.2) is 5.98 Å². The van der Waals surface area contributed by atoms with Gasteiger partial charge in [-0.15, -0.1) is 0 Å². The molecule has 98 valence electrons. The van der Waals surface area contributed by atoms with Crippen molar-refractivity contribution < 1.29 is 4.57 Å². The molecule has 0 unspecified atom stereocenters. The largest absolute Gasteiger partial charge is 0.339 e. The van der Waals surface area contributed by atoms with Crippen LogP contribution in [0.5, 0.6) is 0 Å². The third kappa shape index (κ3) is 264. The third-order valence-corrected chi connectivity index (χ3v) is 0. The van der Waals surface area contributed by atoms with Gasteiger partial charge in [-0.25, -0.2) is 0 Å². The van der Waals surface area contributed by atoms with Crippen LogP contribution in [-0.2, 0) is 4.57 Å². The SMILES string of the molecule is ClP(Cl)(Cl)(Cl)Cl.ClP(Cl)Cl.O=P(Cl)(Cl)Cl. The molecule has 0 rings (SSSR count). The van der Waals surface area contributed by atoms with Crippen molar-refractivity contribution in [2.45, 2.75) is 0 Å². The maximum absolute atomic E-state index is 9.51. The van der Waals surface area contributed by atoms with E-state index >= 15 is 0 Å². The summed E-state index contributed by atoms with van der Waals surface area (Å²) in [5, 5.41) is -3.22. The minimum absolute atomic E-state index is 1.20. The van der Waals surface area contributed by atoms with E-state index in [9.17, 15) is 4.57 Å².